The Balaban J connectivity index is 1.72. The maximum atomic E-state index is 14.1. The molecular weight excluding hydrogens is 333 g/mol. The van der Waals surface area contributed by atoms with Gasteiger partial charge in [0.2, 0.25) is 5.91 Å². The van der Waals surface area contributed by atoms with Gasteiger partial charge < -0.3 is 10.7 Å². The van der Waals surface area contributed by atoms with Crippen LogP contribution < -0.4 is 11.2 Å². The number of H-pyrrole nitrogens is 1. The number of aromatic amines is 1. The number of halogens is 1. The van der Waals surface area contributed by atoms with Crippen molar-refractivity contribution in [2.24, 2.45) is 5.73 Å². The van der Waals surface area contributed by atoms with Gasteiger partial charge in [0.05, 0.1) is 11.6 Å². The van der Waals surface area contributed by atoms with Crippen molar-refractivity contribution in [2.75, 3.05) is 0 Å². The summed E-state index contributed by atoms with van der Waals surface area (Å²) in [7, 11) is 0. The molecule has 0 saturated heterocycles. The molecule has 3 aromatic rings. The van der Waals surface area contributed by atoms with E-state index in [1.165, 1.54) is 18.2 Å². The number of nitrogens with one attached hydrogen (secondary N) is 1. The first-order chi connectivity index (χ1) is 12.5. The van der Waals surface area contributed by atoms with Crippen molar-refractivity contribution < 1.29 is 9.18 Å². The van der Waals surface area contributed by atoms with Crippen molar-refractivity contribution in [3.63, 3.8) is 0 Å². The predicted molar refractivity (Wildman–Crippen MR) is 96.9 cm³/mol. The lowest BCUT2D eigenvalue weighted by atomic mass is 9.93. The van der Waals surface area contributed by atoms with Crippen molar-refractivity contribution in [1.29, 1.82) is 0 Å². The second-order valence-electron chi connectivity index (χ2n) is 6.62. The van der Waals surface area contributed by atoms with Crippen molar-refractivity contribution in [2.45, 2.75) is 25.6 Å². The molecule has 0 fully saturated rings. The fourth-order valence-corrected chi connectivity index (χ4v) is 3.62. The van der Waals surface area contributed by atoms with Crippen LogP contribution in [-0.2, 0) is 24.3 Å². The Morgan fingerprint density at radius 3 is 2.73 bits per heavy atom. The number of aromatic nitrogens is 1. The lowest BCUT2D eigenvalue weighted by molar-refractivity contribution is -0.124. The van der Waals surface area contributed by atoms with Gasteiger partial charge in [-0.15, -0.1) is 0 Å². The number of hydrogen-bond donors (Lipinski definition) is 2. The number of carbonyl (C=O) groups excluding carboxylic acids is 1. The van der Waals surface area contributed by atoms with Crippen molar-refractivity contribution in [3.8, 4) is 0 Å². The third-order valence-electron chi connectivity index (χ3n) is 4.92. The highest BCUT2D eigenvalue weighted by Crippen LogP contribution is 2.25. The maximum Gasteiger partial charge on any atom is 0.235 e. The highest BCUT2D eigenvalue weighted by Gasteiger charge is 2.30. The van der Waals surface area contributed by atoms with Crippen molar-refractivity contribution in [1.82, 2.24) is 9.88 Å². The Kier molecular flexibility index (Phi) is 4.05. The Morgan fingerprint density at radius 2 is 1.96 bits per heavy atom. The number of pyridine rings is 1. The highest BCUT2D eigenvalue weighted by atomic mass is 19.1. The molecule has 1 amide bonds. The maximum absolute atomic E-state index is 14.1. The summed E-state index contributed by atoms with van der Waals surface area (Å²) in [5.41, 5.74) is 8.32. The minimum absolute atomic E-state index is 0.183. The van der Waals surface area contributed by atoms with Crippen LogP contribution in [0.1, 0.15) is 16.8 Å². The lowest BCUT2D eigenvalue weighted by Gasteiger charge is -2.35. The van der Waals surface area contributed by atoms with Gasteiger partial charge in [0.15, 0.2) is 5.43 Å². The number of hydrogen-bond acceptors (Lipinski definition) is 3. The van der Waals surface area contributed by atoms with Gasteiger partial charge in [0.25, 0.3) is 0 Å². The van der Waals surface area contributed by atoms with Crippen LogP contribution in [0.4, 0.5) is 4.39 Å². The van der Waals surface area contributed by atoms with E-state index in [0.717, 1.165) is 11.1 Å². The quantitative estimate of drug-likeness (QED) is 0.758. The number of amides is 1. The Morgan fingerprint density at radius 1 is 1.19 bits per heavy atom. The number of rotatable bonds is 3. The van der Waals surface area contributed by atoms with Crippen molar-refractivity contribution in [3.05, 3.63) is 81.4 Å². The standard InChI is InChI=1S/C20H18FN3O2/c21-16-7-3-6-15-18(25)9-14(23-19(15)16)11-24-10-13-5-2-1-4-12(13)8-17(24)20(22)26/h1-7,9,17H,8,10-11H2,(H2,22,26)(H,23,25). The highest BCUT2D eigenvalue weighted by molar-refractivity contribution is 5.81. The van der Waals surface area contributed by atoms with E-state index in [9.17, 15) is 14.0 Å². The summed E-state index contributed by atoms with van der Waals surface area (Å²) in [6.45, 7) is 0.850. The fourth-order valence-electron chi connectivity index (χ4n) is 3.62. The van der Waals surface area contributed by atoms with Gasteiger partial charge >= 0.3 is 0 Å². The summed E-state index contributed by atoms with van der Waals surface area (Å²) in [5, 5.41) is 0.309. The summed E-state index contributed by atoms with van der Waals surface area (Å²) < 4.78 is 14.1. The molecule has 2 aromatic carbocycles. The molecule has 5 nitrogen and oxygen atoms in total. The second kappa shape index (κ2) is 6.38. The predicted octanol–water partition coefficient (Wildman–Crippen LogP) is 2.08. The van der Waals surface area contributed by atoms with E-state index in [1.807, 2.05) is 29.2 Å². The number of carbonyl (C=O) groups is 1. The molecule has 1 atom stereocenters. The van der Waals surface area contributed by atoms with Gasteiger partial charge in [-0.1, -0.05) is 30.3 Å². The third kappa shape index (κ3) is 2.88. The van der Waals surface area contributed by atoms with E-state index in [1.54, 1.807) is 6.07 Å². The minimum atomic E-state index is -0.475. The first kappa shape index (κ1) is 16.5. The number of nitrogens with two attached hydrogens (primary N) is 1. The van der Waals surface area contributed by atoms with E-state index in [-0.39, 0.29) is 10.9 Å². The molecule has 0 radical (unpaired) electrons. The fraction of sp³-hybridized carbons (Fsp3) is 0.200. The molecule has 0 spiro atoms. The van der Waals surface area contributed by atoms with Gasteiger partial charge in [0.1, 0.15) is 5.82 Å². The summed E-state index contributed by atoms with van der Waals surface area (Å²) in [5.74, 6) is -0.884. The van der Waals surface area contributed by atoms with Gasteiger partial charge in [-0.3, -0.25) is 14.5 Å². The largest absolute Gasteiger partial charge is 0.368 e. The molecule has 6 heteroatoms. The molecule has 4 rings (SSSR count). The smallest absolute Gasteiger partial charge is 0.235 e. The first-order valence-electron chi connectivity index (χ1n) is 8.43. The minimum Gasteiger partial charge on any atom is -0.368 e. The molecule has 0 bridgehead atoms. The van der Waals surface area contributed by atoms with Crippen LogP contribution in [0.2, 0.25) is 0 Å². The molecular formula is C20H18FN3O2. The van der Waals surface area contributed by atoms with E-state index in [2.05, 4.69) is 4.98 Å². The second-order valence-corrected chi connectivity index (χ2v) is 6.62. The molecule has 0 saturated carbocycles. The van der Waals surface area contributed by atoms with Crippen LogP contribution in [0.15, 0.2) is 53.3 Å². The van der Waals surface area contributed by atoms with E-state index < -0.39 is 17.8 Å². The number of fused-ring (bicyclic) bond motifs is 2. The van der Waals surface area contributed by atoms with Crippen LogP contribution in [-0.4, -0.2) is 21.8 Å². The van der Waals surface area contributed by atoms with Crippen LogP contribution in [0.5, 0.6) is 0 Å². The summed E-state index contributed by atoms with van der Waals surface area (Å²) in [6, 6.07) is 13.3. The molecule has 1 aliphatic heterocycles. The van der Waals surface area contributed by atoms with Gasteiger partial charge in [-0.2, -0.15) is 0 Å². The summed E-state index contributed by atoms with van der Waals surface area (Å²) >= 11 is 0. The van der Waals surface area contributed by atoms with Gasteiger partial charge in [0, 0.05) is 30.2 Å². The number of benzene rings is 2. The molecule has 1 aromatic heterocycles. The van der Waals surface area contributed by atoms with E-state index in [4.69, 9.17) is 5.73 Å². The SMILES string of the molecule is NC(=O)C1Cc2ccccc2CN1Cc1cc(=O)c2cccc(F)c2[nH]1. The van der Waals surface area contributed by atoms with Crippen molar-refractivity contribution >= 4 is 16.8 Å². The molecule has 1 unspecified atom stereocenters. The molecule has 26 heavy (non-hydrogen) atoms. The monoisotopic (exact) mass is 351 g/mol. The topological polar surface area (TPSA) is 79.2 Å². The zero-order chi connectivity index (χ0) is 18.3. The van der Waals surface area contributed by atoms with Crippen LogP contribution in [0.25, 0.3) is 10.9 Å². The number of primary amides is 1. The number of nitrogens with zero attached hydrogens (tertiary/aromatic N) is 1. The Hall–Kier alpha value is -2.99. The zero-order valence-corrected chi connectivity index (χ0v) is 14.0. The van der Waals surface area contributed by atoms with E-state index >= 15 is 0 Å². The molecule has 2 heterocycles. The third-order valence-corrected chi connectivity index (χ3v) is 4.92. The van der Waals surface area contributed by atoms with Gasteiger partial charge in [-0.25, -0.2) is 4.39 Å². The molecule has 3 N–H and O–H groups in total. The molecule has 132 valence electrons. The molecule has 0 aliphatic carbocycles. The molecule has 1 aliphatic rings. The Bertz CT molecular complexity index is 1060. The van der Waals surface area contributed by atoms with Crippen LogP contribution in [0.3, 0.4) is 0 Å². The zero-order valence-electron chi connectivity index (χ0n) is 14.0. The number of para-hydroxylation sites is 1. The Labute approximate surface area is 149 Å². The van der Waals surface area contributed by atoms with E-state index in [0.29, 0.717) is 30.6 Å². The van der Waals surface area contributed by atoms with Gasteiger partial charge in [-0.05, 0) is 29.7 Å². The van der Waals surface area contributed by atoms with Crippen LogP contribution >= 0.6 is 0 Å². The average molecular weight is 351 g/mol. The summed E-state index contributed by atoms with van der Waals surface area (Å²) in [6.07, 6.45) is 0.525. The lowest BCUT2D eigenvalue weighted by Crippen LogP contribution is -2.48. The first-order valence-corrected chi connectivity index (χ1v) is 8.43. The van der Waals surface area contributed by atoms with Crippen LogP contribution in [0, 0.1) is 5.82 Å². The normalized spacial score (nSPS) is 17.2. The summed E-state index contributed by atoms with van der Waals surface area (Å²) in [4.78, 5) is 29.2. The average Bonchev–Trinajstić information content (AvgIpc) is 2.62.